The molecule has 158 valence electrons. The zero-order chi connectivity index (χ0) is 19.3. The molecule has 2 heteroatoms. The highest BCUT2D eigenvalue weighted by Gasteiger charge is 2.08. The van der Waals surface area contributed by atoms with Gasteiger partial charge >= 0.3 is 0 Å². The Labute approximate surface area is 166 Å². The van der Waals surface area contributed by atoms with Crippen LogP contribution in [0.4, 0.5) is 0 Å². The molecule has 26 heavy (non-hydrogen) atoms. The third kappa shape index (κ3) is 23.9. The van der Waals surface area contributed by atoms with Crippen LogP contribution in [0.5, 0.6) is 0 Å². The lowest BCUT2D eigenvalue weighted by Gasteiger charge is -2.18. The Hall–Kier alpha value is -0.0800. The van der Waals surface area contributed by atoms with Gasteiger partial charge in [0, 0.05) is 12.1 Å². The molecule has 0 amide bonds. The molecule has 0 saturated heterocycles. The Balaban J connectivity index is 3.01. The quantitative estimate of drug-likeness (QED) is 0.208. The molecular formula is C24H52N2. The first kappa shape index (κ1) is 25.9. The van der Waals surface area contributed by atoms with E-state index in [1.165, 1.54) is 116 Å². The molecule has 0 spiro atoms. The molecule has 0 heterocycles. The van der Waals surface area contributed by atoms with Gasteiger partial charge in [-0.1, -0.05) is 116 Å². The molecule has 0 aliphatic rings. The van der Waals surface area contributed by atoms with E-state index in [9.17, 15) is 0 Å². The molecule has 0 saturated carbocycles. The molecule has 0 unspecified atom stereocenters. The van der Waals surface area contributed by atoms with E-state index >= 15 is 0 Å². The Morgan fingerprint density at radius 1 is 0.538 bits per heavy atom. The summed E-state index contributed by atoms with van der Waals surface area (Å²) >= 11 is 0. The van der Waals surface area contributed by atoms with Gasteiger partial charge in [0.1, 0.15) is 0 Å². The molecule has 0 aromatic rings. The van der Waals surface area contributed by atoms with Crippen molar-refractivity contribution in [3.05, 3.63) is 0 Å². The van der Waals surface area contributed by atoms with Gasteiger partial charge in [-0.3, -0.25) is 0 Å². The van der Waals surface area contributed by atoms with Gasteiger partial charge in [-0.25, -0.2) is 0 Å². The molecule has 0 rings (SSSR count). The van der Waals surface area contributed by atoms with Gasteiger partial charge in [-0.2, -0.15) is 0 Å². The highest BCUT2D eigenvalue weighted by molar-refractivity contribution is 4.74. The number of unbranched alkanes of at least 4 members (excludes halogenated alkanes) is 17. The lowest BCUT2D eigenvalue weighted by atomic mass is 10.0. The first-order valence-corrected chi connectivity index (χ1v) is 12.1. The van der Waals surface area contributed by atoms with Gasteiger partial charge in [0.25, 0.3) is 0 Å². The summed E-state index contributed by atoms with van der Waals surface area (Å²) < 4.78 is 0. The zero-order valence-corrected chi connectivity index (χ0v) is 18.7. The summed E-state index contributed by atoms with van der Waals surface area (Å²) in [4.78, 5) is 0. The van der Waals surface area contributed by atoms with Gasteiger partial charge in [0.2, 0.25) is 0 Å². The van der Waals surface area contributed by atoms with Gasteiger partial charge in [-0.15, -0.1) is 0 Å². The predicted molar refractivity (Wildman–Crippen MR) is 120 cm³/mol. The van der Waals surface area contributed by atoms with Crippen LogP contribution in [0.2, 0.25) is 0 Å². The van der Waals surface area contributed by atoms with Crippen molar-refractivity contribution in [2.75, 3.05) is 13.1 Å². The Kier molecular flexibility index (Phi) is 19.6. The van der Waals surface area contributed by atoms with Gasteiger partial charge < -0.3 is 11.1 Å². The van der Waals surface area contributed by atoms with Crippen molar-refractivity contribution in [2.45, 2.75) is 142 Å². The number of hydrogen-bond donors (Lipinski definition) is 2. The molecule has 0 fully saturated rings. The molecule has 0 radical (unpaired) electrons. The fraction of sp³-hybridized carbons (Fsp3) is 1.00. The summed E-state index contributed by atoms with van der Waals surface area (Å²) in [5, 5.41) is 3.45. The Morgan fingerprint density at radius 3 is 1.15 bits per heavy atom. The van der Waals surface area contributed by atoms with Crippen LogP contribution < -0.4 is 11.1 Å². The summed E-state index contributed by atoms with van der Waals surface area (Å²) in [6.07, 6.45) is 25.9. The van der Waals surface area contributed by atoms with Crippen LogP contribution in [0.3, 0.4) is 0 Å². The minimum absolute atomic E-state index is 0.0752. The Bertz CT molecular complexity index is 257. The smallest absolute Gasteiger partial charge is 0.0223 e. The highest BCUT2D eigenvalue weighted by atomic mass is 14.9. The topological polar surface area (TPSA) is 38.0 Å². The van der Waals surface area contributed by atoms with E-state index in [0.29, 0.717) is 0 Å². The van der Waals surface area contributed by atoms with Crippen LogP contribution in [0.1, 0.15) is 136 Å². The van der Waals surface area contributed by atoms with E-state index in [1.54, 1.807) is 0 Å². The van der Waals surface area contributed by atoms with E-state index in [1.807, 2.05) is 0 Å². The molecule has 0 atom stereocenters. The second-order valence-corrected chi connectivity index (χ2v) is 9.18. The van der Waals surface area contributed by atoms with Gasteiger partial charge in [-0.05, 0) is 26.8 Å². The largest absolute Gasteiger partial charge is 0.324 e. The molecule has 0 aliphatic heterocycles. The Morgan fingerprint density at radius 2 is 0.846 bits per heavy atom. The summed E-state index contributed by atoms with van der Waals surface area (Å²) in [5.41, 5.74) is 5.88. The average molecular weight is 369 g/mol. The summed E-state index contributed by atoms with van der Waals surface area (Å²) in [6.45, 7) is 8.50. The minimum atomic E-state index is -0.0752. The highest BCUT2D eigenvalue weighted by Crippen LogP contribution is 2.14. The molecular weight excluding hydrogens is 316 g/mol. The lowest BCUT2D eigenvalue weighted by molar-refractivity contribution is 0.457. The van der Waals surface area contributed by atoms with Crippen molar-refractivity contribution in [1.82, 2.24) is 5.32 Å². The predicted octanol–water partition coefficient (Wildman–Crippen LogP) is 7.36. The molecule has 3 N–H and O–H groups in total. The van der Waals surface area contributed by atoms with Crippen LogP contribution in [0, 0.1) is 0 Å². The first-order chi connectivity index (χ1) is 12.6. The SMILES string of the molecule is CCCCCCCCCCCCCCCCCCCCNCC(C)(C)N. The number of rotatable bonds is 21. The summed E-state index contributed by atoms with van der Waals surface area (Å²) in [7, 11) is 0. The fourth-order valence-electron chi connectivity index (χ4n) is 3.56. The van der Waals surface area contributed by atoms with Crippen molar-refractivity contribution in [3.8, 4) is 0 Å². The number of nitrogens with one attached hydrogen (secondary N) is 1. The molecule has 0 aromatic carbocycles. The third-order valence-electron chi connectivity index (χ3n) is 5.29. The second-order valence-electron chi connectivity index (χ2n) is 9.18. The molecule has 0 aliphatic carbocycles. The summed E-state index contributed by atoms with van der Waals surface area (Å²) in [6, 6.07) is 0. The fourth-order valence-corrected chi connectivity index (χ4v) is 3.56. The van der Waals surface area contributed by atoms with E-state index in [4.69, 9.17) is 5.73 Å². The van der Waals surface area contributed by atoms with Gasteiger partial charge in [0.15, 0.2) is 0 Å². The molecule has 0 aromatic heterocycles. The van der Waals surface area contributed by atoms with Crippen molar-refractivity contribution < 1.29 is 0 Å². The van der Waals surface area contributed by atoms with Crippen molar-refractivity contribution >= 4 is 0 Å². The van der Waals surface area contributed by atoms with Crippen molar-refractivity contribution in [1.29, 1.82) is 0 Å². The van der Waals surface area contributed by atoms with Crippen LogP contribution in [0.25, 0.3) is 0 Å². The van der Waals surface area contributed by atoms with Crippen LogP contribution in [0.15, 0.2) is 0 Å². The standard InChI is InChI=1S/C24H52N2/c1-4-5-6-7-8-9-10-11-12-13-14-15-16-17-18-19-20-21-22-26-23-24(2,3)25/h26H,4-23,25H2,1-3H3. The number of nitrogens with two attached hydrogens (primary N) is 1. The number of hydrogen-bond acceptors (Lipinski definition) is 2. The van der Waals surface area contributed by atoms with Crippen LogP contribution in [-0.4, -0.2) is 18.6 Å². The molecule has 2 nitrogen and oxygen atoms in total. The third-order valence-corrected chi connectivity index (χ3v) is 5.29. The monoisotopic (exact) mass is 368 g/mol. The normalized spacial score (nSPS) is 12.0. The average Bonchev–Trinajstić information content (AvgIpc) is 2.59. The summed E-state index contributed by atoms with van der Waals surface area (Å²) in [5.74, 6) is 0. The van der Waals surface area contributed by atoms with Crippen LogP contribution in [-0.2, 0) is 0 Å². The van der Waals surface area contributed by atoms with Crippen LogP contribution >= 0.6 is 0 Å². The lowest BCUT2D eigenvalue weighted by Crippen LogP contribution is -2.43. The maximum Gasteiger partial charge on any atom is 0.0223 e. The van der Waals surface area contributed by atoms with E-state index in [0.717, 1.165) is 13.1 Å². The maximum absolute atomic E-state index is 5.95. The molecule has 0 bridgehead atoms. The van der Waals surface area contributed by atoms with Gasteiger partial charge in [0.05, 0.1) is 0 Å². The van der Waals surface area contributed by atoms with E-state index in [2.05, 4.69) is 26.1 Å². The maximum atomic E-state index is 5.95. The first-order valence-electron chi connectivity index (χ1n) is 12.1. The van der Waals surface area contributed by atoms with E-state index < -0.39 is 0 Å². The minimum Gasteiger partial charge on any atom is -0.324 e. The van der Waals surface area contributed by atoms with Crippen molar-refractivity contribution in [3.63, 3.8) is 0 Å². The van der Waals surface area contributed by atoms with E-state index in [-0.39, 0.29) is 5.54 Å². The zero-order valence-electron chi connectivity index (χ0n) is 18.7. The van der Waals surface area contributed by atoms with Crippen molar-refractivity contribution in [2.24, 2.45) is 5.73 Å². The second kappa shape index (κ2) is 19.7.